The molecule has 0 fully saturated rings. The zero-order chi connectivity index (χ0) is 11.8. The molecule has 0 unspecified atom stereocenters. The Morgan fingerprint density at radius 2 is 2.00 bits per heavy atom. The van der Waals surface area contributed by atoms with E-state index < -0.39 is 0 Å². The van der Waals surface area contributed by atoms with Crippen molar-refractivity contribution in [2.45, 2.75) is 26.3 Å². The molecule has 0 aliphatic carbocycles. The van der Waals surface area contributed by atoms with Gasteiger partial charge in [-0.25, -0.2) is 0 Å². The molecule has 88 valence electrons. The monoisotopic (exact) mass is 237 g/mol. The fraction of sp³-hybridized carbons (Fsp3) is 0.462. The van der Waals surface area contributed by atoms with Crippen LogP contribution >= 0.6 is 12.6 Å². The fourth-order valence-electron chi connectivity index (χ4n) is 1.57. The molecule has 0 radical (unpaired) electrons. The predicted molar refractivity (Wildman–Crippen MR) is 70.6 cm³/mol. The van der Waals surface area contributed by atoms with Crippen LogP contribution in [0.5, 0.6) is 0 Å². The maximum absolute atomic E-state index is 11.8. The van der Waals surface area contributed by atoms with Gasteiger partial charge in [-0.05, 0) is 24.7 Å². The summed E-state index contributed by atoms with van der Waals surface area (Å²) in [6.45, 7) is 3.49. The van der Waals surface area contributed by atoms with Gasteiger partial charge in [0.2, 0.25) is 5.91 Å². The first-order chi connectivity index (χ1) is 7.77. The molecule has 1 rings (SSSR count). The van der Waals surface area contributed by atoms with E-state index in [1.165, 1.54) is 5.56 Å². The Bertz CT molecular complexity index is 313. The Hall–Kier alpha value is -0.960. The average Bonchev–Trinajstić information content (AvgIpc) is 2.34. The molecule has 0 atom stereocenters. The standard InChI is InChI=1S/C13H19NOS/c1-2-14(13(15)9-6-10-16)11-12-7-4-3-5-8-12/h3-5,7-8,16H,2,6,9-11H2,1H3. The lowest BCUT2D eigenvalue weighted by atomic mass is 10.2. The minimum absolute atomic E-state index is 0.223. The van der Waals surface area contributed by atoms with E-state index in [2.05, 4.69) is 24.8 Å². The molecule has 0 spiro atoms. The minimum atomic E-state index is 0.223. The maximum atomic E-state index is 11.8. The molecule has 0 saturated carbocycles. The van der Waals surface area contributed by atoms with Crippen LogP contribution in [0.3, 0.4) is 0 Å². The van der Waals surface area contributed by atoms with Crippen molar-refractivity contribution in [1.82, 2.24) is 4.90 Å². The highest BCUT2D eigenvalue weighted by atomic mass is 32.1. The van der Waals surface area contributed by atoms with Gasteiger partial charge in [0.05, 0.1) is 0 Å². The van der Waals surface area contributed by atoms with Gasteiger partial charge in [-0.2, -0.15) is 12.6 Å². The zero-order valence-corrected chi connectivity index (χ0v) is 10.6. The van der Waals surface area contributed by atoms with Crippen LogP contribution in [0.15, 0.2) is 30.3 Å². The predicted octanol–water partition coefficient (Wildman–Crippen LogP) is 2.75. The normalized spacial score (nSPS) is 10.1. The van der Waals surface area contributed by atoms with Crippen LogP contribution in [0.2, 0.25) is 0 Å². The minimum Gasteiger partial charge on any atom is -0.339 e. The molecule has 0 aliphatic rings. The largest absolute Gasteiger partial charge is 0.339 e. The molecule has 1 amide bonds. The Balaban J connectivity index is 2.52. The Morgan fingerprint density at radius 1 is 1.31 bits per heavy atom. The average molecular weight is 237 g/mol. The Labute approximate surface area is 103 Å². The van der Waals surface area contributed by atoms with Gasteiger partial charge in [0.25, 0.3) is 0 Å². The first kappa shape index (κ1) is 13.1. The van der Waals surface area contributed by atoms with Gasteiger partial charge in [0.1, 0.15) is 0 Å². The second kappa shape index (κ2) is 7.34. The van der Waals surface area contributed by atoms with E-state index in [1.807, 2.05) is 30.0 Å². The molecule has 16 heavy (non-hydrogen) atoms. The molecule has 0 N–H and O–H groups in total. The van der Waals surface area contributed by atoms with Gasteiger partial charge < -0.3 is 4.90 Å². The van der Waals surface area contributed by atoms with E-state index >= 15 is 0 Å². The SMILES string of the molecule is CCN(Cc1ccccc1)C(=O)CCCS. The second-order valence-corrected chi connectivity index (χ2v) is 4.17. The highest BCUT2D eigenvalue weighted by molar-refractivity contribution is 7.80. The van der Waals surface area contributed by atoms with Crippen LogP contribution in [-0.2, 0) is 11.3 Å². The second-order valence-electron chi connectivity index (χ2n) is 3.72. The molecule has 3 heteroatoms. The first-order valence-corrected chi connectivity index (χ1v) is 6.33. The highest BCUT2D eigenvalue weighted by Gasteiger charge is 2.10. The summed E-state index contributed by atoms with van der Waals surface area (Å²) in [5.74, 6) is 0.995. The van der Waals surface area contributed by atoms with Crippen molar-refractivity contribution < 1.29 is 4.79 Å². The topological polar surface area (TPSA) is 20.3 Å². The quantitative estimate of drug-likeness (QED) is 0.754. The van der Waals surface area contributed by atoms with Crippen molar-refractivity contribution >= 4 is 18.5 Å². The van der Waals surface area contributed by atoms with Gasteiger partial charge in [-0.3, -0.25) is 4.79 Å². The lowest BCUT2D eigenvalue weighted by Gasteiger charge is -2.20. The number of benzene rings is 1. The van der Waals surface area contributed by atoms with Crippen molar-refractivity contribution in [3.8, 4) is 0 Å². The van der Waals surface area contributed by atoms with E-state index in [0.29, 0.717) is 13.0 Å². The van der Waals surface area contributed by atoms with Crippen LogP contribution in [0.4, 0.5) is 0 Å². The summed E-state index contributed by atoms with van der Waals surface area (Å²) in [4.78, 5) is 13.7. The number of hydrogen-bond acceptors (Lipinski definition) is 2. The smallest absolute Gasteiger partial charge is 0.222 e. The van der Waals surface area contributed by atoms with Crippen LogP contribution in [0.25, 0.3) is 0 Å². The molecule has 0 aliphatic heterocycles. The number of hydrogen-bond donors (Lipinski definition) is 1. The lowest BCUT2D eigenvalue weighted by Crippen LogP contribution is -2.30. The van der Waals surface area contributed by atoms with Crippen LogP contribution in [-0.4, -0.2) is 23.1 Å². The Morgan fingerprint density at radius 3 is 2.56 bits per heavy atom. The number of carbonyl (C=O) groups excluding carboxylic acids is 1. The third-order valence-corrected chi connectivity index (χ3v) is 2.82. The summed E-state index contributed by atoms with van der Waals surface area (Å²) in [5.41, 5.74) is 1.18. The Kier molecular flexibility index (Phi) is 6.01. The summed E-state index contributed by atoms with van der Waals surface area (Å²) in [7, 11) is 0. The molecule has 0 saturated heterocycles. The van der Waals surface area contributed by atoms with Gasteiger partial charge in [-0.15, -0.1) is 0 Å². The van der Waals surface area contributed by atoms with E-state index in [4.69, 9.17) is 0 Å². The number of carbonyl (C=O) groups is 1. The van der Waals surface area contributed by atoms with Gasteiger partial charge in [-0.1, -0.05) is 30.3 Å². The van der Waals surface area contributed by atoms with E-state index in [-0.39, 0.29) is 5.91 Å². The molecular weight excluding hydrogens is 218 g/mol. The van der Waals surface area contributed by atoms with Crippen LogP contribution < -0.4 is 0 Å². The molecule has 0 bridgehead atoms. The molecular formula is C13H19NOS. The van der Waals surface area contributed by atoms with Gasteiger partial charge in [0, 0.05) is 19.5 Å². The van der Waals surface area contributed by atoms with Crippen molar-refractivity contribution in [3.05, 3.63) is 35.9 Å². The fourth-order valence-corrected chi connectivity index (χ4v) is 1.73. The van der Waals surface area contributed by atoms with Crippen molar-refractivity contribution in [1.29, 1.82) is 0 Å². The molecule has 2 nitrogen and oxygen atoms in total. The molecule has 1 aromatic carbocycles. The number of thiol groups is 1. The lowest BCUT2D eigenvalue weighted by molar-refractivity contribution is -0.131. The van der Waals surface area contributed by atoms with Crippen molar-refractivity contribution in [3.63, 3.8) is 0 Å². The maximum Gasteiger partial charge on any atom is 0.222 e. The molecule has 0 heterocycles. The van der Waals surface area contributed by atoms with Crippen LogP contribution in [0, 0.1) is 0 Å². The summed E-state index contributed by atoms with van der Waals surface area (Å²) < 4.78 is 0. The molecule has 0 aromatic heterocycles. The number of amides is 1. The summed E-state index contributed by atoms with van der Waals surface area (Å²) in [6.07, 6.45) is 1.46. The number of rotatable bonds is 6. The van der Waals surface area contributed by atoms with E-state index in [9.17, 15) is 4.79 Å². The zero-order valence-electron chi connectivity index (χ0n) is 9.72. The third kappa shape index (κ3) is 4.27. The first-order valence-electron chi connectivity index (χ1n) is 5.70. The summed E-state index contributed by atoms with van der Waals surface area (Å²) in [5, 5.41) is 0. The molecule has 1 aromatic rings. The van der Waals surface area contributed by atoms with Crippen molar-refractivity contribution in [2.24, 2.45) is 0 Å². The third-order valence-electron chi connectivity index (χ3n) is 2.50. The summed E-state index contributed by atoms with van der Waals surface area (Å²) in [6, 6.07) is 10.1. The van der Waals surface area contributed by atoms with E-state index in [0.717, 1.165) is 18.7 Å². The van der Waals surface area contributed by atoms with Gasteiger partial charge >= 0.3 is 0 Å². The van der Waals surface area contributed by atoms with Crippen molar-refractivity contribution in [2.75, 3.05) is 12.3 Å². The highest BCUT2D eigenvalue weighted by Crippen LogP contribution is 2.07. The van der Waals surface area contributed by atoms with Gasteiger partial charge in [0.15, 0.2) is 0 Å². The van der Waals surface area contributed by atoms with Crippen LogP contribution in [0.1, 0.15) is 25.3 Å². The number of nitrogens with zero attached hydrogens (tertiary/aromatic N) is 1. The summed E-state index contributed by atoms with van der Waals surface area (Å²) >= 11 is 4.12. The van der Waals surface area contributed by atoms with E-state index in [1.54, 1.807) is 0 Å².